The Bertz CT molecular complexity index is 2050. The molecule has 0 aliphatic carbocycles. The summed E-state index contributed by atoms with van der Waals surface area (Å²) in [5.41, 5.74) is 7.34. The van der Waals surface area contributed by atoms with Crippen LogP contribution in [0.2, 0.25) is 0 Å². The highest BCUT2D eigenvalue weighted by molar-refractivity contribution is 7.89. The second kappa shape index (κ2) is 17.8. The summed E-state index contributed by atoms with van der Waals surface area (Å²) in [6.45, 7) is -0.639. The molecule has 2 atom stereocenters. The van der Waals surface area contributed by atoms with E-state index in [1.54, 1.807) is 54.6 Å². The Morgan fingerprint density at radius 2 is 1.77 bits per heavy atom. The normalized spacial score (nSPS) is 15.9. The first-order chi connectivity index (χ1) is 25.1. The highest BCUT2D eigenvalue weighted by Gasteiger charge is 2.31. The molecule has 0 fully saturated rings. The van der Waals surface area contributed by atoms with Crippen molar-refractivity contribution in [2.24, 2.45) is 0 Å². The summed E-state index contributed by atoms with van der Waals surface area (Å²) in [6.07, 6.45) is 3.22. The molecule has 4 aromatic rings. The number of aliphatic hydroxyl groups excluding tert-OH is 1. The number of carbonyl (C=O) groups excluding carboxylic acids is 2. The fourth-order valence-electron chi connectivity index (χ4n) is 5.65. The van der Waals surface area contributed by atoms with Crippen LogP contribution in [0.1, 0.15) is 37.2 Å². The molecule has 0 radical (unpaired) electrons. The van der Waals surface area contributed by atoms with Crippen molar-refractivity contribution < 1.29 is 41.7 Å². The second-order valence-electron chi connectivity index (χ2n) is 12.0. The third-order valence-corrected chi connectivity index (χ3v) is 10.3. The van der Waals surface area contributed by atoms with Gasteiger partial charge in [0.05, 0.1) is 48.2 Å². The van der Waals surface area contributed by atoms with Gasteiger partial charge in [-0.05, 0) is 67.4 Å². The molecule has 1 aromatic heterocycles. The number of unbranched alkanes of at least 4 members (excludes halogenated alkanes) is 1. The van der Waals surface area contributed by atoms with Crippen molar-refractivity contribution >= 4 is 44.2 Å². The number of fused-ring (bicyclic) bond motifs is 1. The molecule has 3 aromatic carbocycles. The van der Waals surface area contributed by atoms with Gasteiger partial charge in [0.2, 0.25) is 22.2 Å². The van der Waals surface area contributed by atoms with Gasteiger partial charge in [0.15, 0.2) is 11.2 Å². The van der Waals surface area contributed by atoms with Crippen LogP contribution in [0.4, 0.5) is 11.4 Å². The molecule has 5 rings (SSSR count). The monoisotopic (exact) mass is 734 g/mol. The van der Waals surface area contributed by atoms with E-state index in [0.717, 1.165) is 4.31 Å². The summed E-state index contributed by atoms with van der Waals surface area (Å²) in [5.74, 6) is -0.969. The van der Waals surface area contributed by atoms with Crippen molar-refractivity contribution in [1.29, 1.82) is 0 Å². The van der Waals surface area contributed by atoms with Crippen LogP contribution in [-0.2, 0) is 29.1 Å². The Labute approximate surface area is 301 Å². The fraction of sp³-hybridized carbons (Fsp3) is 0.324. The molecule has 0 saturated heterocycles. The van der Waals surface area contributed by atoms with Gasteiger partial charge in [0.1, 0.15) is 11.3 Å². The number of nitrogens with one attached hydrogen (secondary N) is 2. The standard InChI is InChI=1S/C37H42N4O10S/c1-48-26-13-15-27(16-14-26)52(46,47)41(18-20-42)19-21-49-35-23-25(29-24-50-32-11-5-2-8-28(32)36(29)44)22-33(51-35)37(45)39-17-7-6-12-34(43)40-31-10-4-3-9-30(31)38/h2-5,8-11,13-16,22,24-25,35,42H,6-7,12,17-21,23,38H2,1H3,(H,39,45)(H,40,43)/t25-,35+/m1/s1. The average Bonchev–Trinajstić information content (AvgIpc) is 3.15. The Morgan fingerprint density at radius 3 is 2.52 bits per heavy atom. The summed E-state index contributed by atoms with van der Waals surface area (Å²) >= 11 is 0. The number of ether oxygens (including phenoxy) is 3. The molecule has 0 unspecified atom stereocenters. The first-order valence-corrected chi connectivity index (χ1v) is 18.2. The lowest BCUT2D eigenvalue weighted by atomic mass is 9.93. The molecule has 276 valence electrons. The Balaban J connectivity index is 1.24. The van der Waals surface area contributed by atoms with Crippen LogP contribution < -0.4 is 26.5 Å². The number of sulfonamides is 1. The van der Waals surface area contributed by atoms with E-state index in [-0.39, 0.29) is 61.1 Å². The largest absolute Gasteiger partial charge is 0.497 e. The zero-order valence-corrected chi connectivity index (χ0v) is 29.5. The lowest BCUT2D eigenvalue weighted by Gasteiger charge is -2.30. The summed E-state index contributed by atoms with van der Waals surface area (Å²) in [4.78, 5) is 39.2. The third-order valence-electron chi connectivity index (χ3n) is 8.43. The number of rotatable bonds is 17. The minimum absolute atomic E-state index is 0.0159. The second-order valence-corrected chi connectivity index (χ2v) is 13.9. The average molecular weight is 735 g/mol. The molecule has 14 nitrogen and oxygen atoms in total. The predicted octanol–water partition coefficient (Wildman–Crippen LogP) is 3.72. The van der Waals surface area contributed by atoms with Gasteiger partial charge in [0.25, 0.3) is 5.91 Å². The van der Waals surface area contributed by atoms with Gasteiger partial charge < -0.3 is 40.1 Å². The highest BCUT2D eigenvalue weighted by Crippen LogP contribution is 2.31. The Kier molecular flexibility index (Phi) is 13.0. The SMILES string of the molecule is COc1ccc(S(=O)(=O)N(CCO)CCO[C@@H]2C[C@H](c3coc4ccccc4c3=O)C=C(C(=O)NCCCCC(=O)Nc3ccccc3N)O2)cc1. The topological polar surface area (TPSA) is 200 Å². The van der Waals surface area contributed by atoms with E-state index in [4.69, 9.17) is 24.4 Å². The van der Waals surface area contributed by atoms with E-state index >= 15 is 0 Å². The van der Waals surface area contributed by atoms with E-state index in [0.29, 0.717) is 46.5 Å². The van der Waals surface area contributed by atoms with Crippen molar-refractivity contribution in [2.75, 3.05) is 51.0 Å². The molecule has 2 heterocycles. The summed E-state index contributed by atoms with van der Waals surface area (Å²) in [5, 5.41) is 15.6. The summed E-state index contributed by atoms with van der Waals surface area (Å²) in [6, 6.07) is 19.7. The number of benzene rings is 3. The van der Waals surface area contributed by atoms with Crippen LogP contribution in [0, 0.1) is 0 Å². The lowest BCUT2D eigenvalue weighted by Crippen LogP contribution is -2.38. The van der Waals surface area contributed by atoms with Gasteiger partial charge in [-0.1, -0.05) is 24.3 Å². The van der Waals surface area contributed by atoms with Crippen LogP contribution in [0.3, 0.4) is 0 Å². The Hall–Kier alpha value is -5.22. The number of hydrogen-bond donors (Lipinski definition) is 4. The van der Waals surface area contributed by atoms with Gasteiger partial charge in [-0.2, -0.15) is 4.31 Å². The molecular formula is C37H42N4O10S. The third kappa shape index (κ3) is 9.55. The summed E-state index contributed by atoms with van der Waals surface area (Å²) < 4.78 is 50.6. The molecule has 1 aliphatic rings. The zero-order chi connectivity index (χ0) is 37.1. The number of nitrogens with zero attached hydrogens (tertiary/aromatic N) is 1. The van der Waals surface area contributed by atoms with Crippen LogP contribution in [-0.4, -0.2) is 75.9 Å². The number of para-hydroxylation sites is 3. The molecule has 5 N–H and O–H groups in total. The number of carbonyl (C=O) groups is 2. The molecule has 1 aliphatic heterocycles. The quantitative estimate of drug-likeness (QED) is 0.0911. The van der Waals surface area contributed by atoms with Crippen molar-refractivity contribution in [3.63, 3.8) is 0 Å². The van der Waals surface area contributed by atoms with Crippen molar-refractivity contribution in [2.45, 2.75) is 42.8 Å². The number of nitrogen functional groups attached to an aromatic ring is 1. The maximum atomic E-state index is 13.5. The van der Waals surface area contributed by atoms with Gasteiger partial charge in [-0.25, -0.2) is 8.42 Å². The van der Waals surface area contributed by atoms with Crippen LogP contribution in [0.15, 0.2) is 105 Å². The van der Waals surface area contributed by atoms with Crippen LogP contribution >= 0.6 is 0 Å². The van der Waals surface area contributed by atoms with Crippen LogP contribution in [0.5, 0.6) is 5.75 Å². The molecule has 0 bridgehead atoms. The number of anilines is 2. The predicted molar refractivity (Wildman–Crippen MR) is 194 cm³/mol. The maximum Gasteiger partial charge on any atom is 0.286 e. The molecule has 0 saturated carbocycles. The lowest BCUT2D eigenvalue weighted by molar-refractivity contribution is -0.146. The number of nitrogens with two attached hydrogens (primary N) is 1. The minimum atomic E-state index is -4.00. The van der Waals surface area contributed by atoms with E-state index in [1.807, 2.05) is 0 Å². The number of methoxy groups -OCH3 is 1. The number of allylic oxidation sites excluding steroid dienone is 1. The highest BCUT2D eigenvalue weighted by atomic mass is 32.2. The minimum Gasteiger partial charge on any atom is -0.497 e. The van der Waals surface area contributed by atoms with Gasteiger partial charge >= 0.3 is 0 Å². The zero-order valence-electron chi connectivity index (χ0n) is 28.7. The van der Waals surface area contributed by atoms with Crippen molar-refractivity contribution in [3.05, 3.63) is 107 Å². The number of hydrogen-bond acceptors (Lipinski definition) is 11. The van der Waals surface area contributed by atoms with Gasteiger partial charge in [0, 0.05) is 44.0 Å². The van der Waals surface area contributed by atoms with E-state index in [9.17, 15) is 27.9 Å². The van der Waals surface area contributed by atoms with Crippen LogP contribution in [0.25, 0.3) is 11.0 Å². The maximum absolute atomic E-state index is 13.5. The van der Waals surface area contributed by atoms with Gasteiger partial charge in [-0.3, -0.25) is 14.4 Å². The molecular weight excluding hydrogens is 692 g/mol. The molecule has 0 spiro atoms. The van der Waals surface area contributed by atoms with E-state index in [2.05, 4.69) is 10.6 Å². The molecule has 15 heteroatoms. The first-order valence-electron chi connectivity index (χ1n) is 16.8. The summed E-state index contributed by atoms with van der Waals surface area (Å²) in [7, 11) is -2.52. The molecule has 52 heavy (non-hydrogen) atoms. The fourth-order valence-corrected chi connectivity index (χ4v) is 7.07. The smallest absolute Gasteiger partial charge is 0.286 e. The van der Waals surface area contributed by atoms with Crippen molar-refractivity contribution in [1.82, 2.24) is 9.62 Å². The number of aliphatic hydroxyl groups is 1. The van der Waals surface area contributed by atoms with E-state index < -0.39 is 34.7 Å². The van der Waals surface area contributed by atoms with E-state index in [1.165, 1.54) is 37.6 Å². The Morgan fingerprint density at radius 1 is 1.02 bits per heavy atom. The first kappa shape index (κ1) is 38.0. The van der Waals surface area contributed by atoms with Crippen molar-refractivity contribution in [3.8, 4) is 5.75 Å². The number of amides is 2. The molecule has 2 amide bonds. The van der Waals surface area contributed by atoms with Gasteiger partial charge in [-0.15, -0.1) is 0 Å².